The molecule has 0 saturated heterocycles. The van der Waals surface area contributed by atoms with E-state index in [4.69, 9.17) is 0 Å². The molecule has 1 heterocycles. The van der Waals surface area contributed by atoms with Crippen LogP contribution in [-0.2, 0) is 16.4 Å². The van der Waals surface area contributed by atoms with Gasteiger partial charge in [-0.15, -0.1) is 12.4 Å². The van der Waals surface area contributed by atoms with Crippen molar-refractivity contribution >= 4 is 28.1 Å². The largest absolute Gasteiger partial charge is 0.308 e. The van der Waals surface area contributed by atoms with E-state index >= 15 is 0 Å². The quantitative estimate of drug-likeness (QED) is 0.596. The van der Waals surface area contributed by atoms with Gasteiger partial charge in [-0.25, -0.2) is 13.1 Å². The lowest BCUT2D eigenvalue weighted by Gasteiger charge is -2.27. The van der Waals surface area contributed by atoms with E-state index in [0.717, 1.165) is 18.5 Å². The maximum Gasteiger partial charge on any atom is 0.289 e. The van der Waals surface area contributed by atoms with Crippen LogP contribution in [0.4, 0.5) is 5.69 Å². The molecule has 0 amide bonds. The van der Waals surface area contributed by atoms with E-state index < -0.39 is 20.6 Å². The maximum atomic E-state index is 12.6. The van der Waals surface area contributed by atoms with Crippen LogP contribution in [0.1, 0.15) is 22.7 Å². The molecule has 1 aliphatic heterocycles. The summed E-state index contributed by atoms with van der Waals surface area (Å²) in [5.41, 5.74) is 2.46. The number of nitrogens with one attached hydrogen (secondary N) is 2. The minimum absolute atomic E-state index is 0. The Morgan fingerprint density at radius 3 is 2.73 bits per heavy atom. The highest BCUT2D eigenvalue weighted by Gasteiger charge is 2.27. The topological polar surface area (TPSA) is 101 Å². The van der Waals surface area contributed by atoms with Crippen LogP contribution in [0.25, 0.3) is 0 Å². The first-order valence-corrected chi connectivity index (χ1v) is 9.43. The van der Waals surface area contributed by atoms with Gasteiger partial charge in [-0.2, -0.15) is 0 Å². The molecule has 2 aromatic rings. The van der Waals surface area contributed by atoms with Crippen LogP contribution < -0.4 is 10.0 Å². The molecule has 3 rings (SSSR count). The van der Waals surface area contributed by atoms with Gasteiger partial charge >= 0.3 is 0 Å². The molecule has 0 aromatic heterocycles. The summed E-state index contributed by atoms with van der Waals surface area (Å²) in [6.07, 6.45) is 0.892. The fourth-order valence-corrected chi connectivity index (χ4v) is 4.24. The van der Waals surface area contributed by atoms with Crippen molar-refractivity contribution in [2.75, 3.05) is 13.1 Å². The second-order valence-corrected chi connectivity index (χ2v) is 7.77. The second-order valence-electron chi connectivity index (χ2n) is 6.04. The van der Waals surface area contributed by atoms with Crippen LogP contribution in [0.3, 0.4) is 0 Å². The standard InChI is InChI=1S/C17H19N3O4S.ClH/c1-12-6-7-17(16(10-12)20(21)22)25(23,24)19-11-15-14-5-3-2-4-13(14)8-9-18-15;/h2-7,10,15,18-19H,8-9,11H2,1H3;1H. The van der Waals surface area contributed by atoms with Crippen LogP contribution in [0, 0.1) is 17.0 Å². The van der Waals surface area contributed by atoms with Gasteiger partial charge in [0.1, 0.15) is 0 Å². The highest BCUT2D eigenvalue weighted by atomic mass is 35.5. The van der Waals surface area contributed by atoms with Crippen molar-refractivity contribution in [1.29, 1.82) is 0 Å². The molecule has 26 heavy (non-hydrogen) atoms. The third-order valence-electron chi connectivity index (χ3n) is 4.29. The van der Waals surface area contributed by atoms with Gasteiger partial charge in [-0.1, -0.05) is 30.3 Å². The van der Waals surface area contributed by atoms with Crippen LogP contribution in [0.5, 0.6) is 0 Å². The number of aryl methyl sites for hydroxylation is 1. The van der Waals surface area contributed by atoms with E-state index in [1.807, 2.05) is 24.3 Å². The number of halogens is 1. The second kappa shape index (κ2) is 8.13. The van der Waals surface area contributed by atoms with E-state index in [2.05, 4.69) is 10.0 Å². The molecular weight excluding hydrogens is 378 g/mol. The van der Waals surface area contributed by atoms with Crippen LogP contribution in [0.2, 0.25) is 0 Å². The Bertz CT molecular complexity index is 918. The van der Waals surface area contributed by atoms with Gasteiger partial charge in [-0.3, -0.25) is 10.1 Å². The minimum Gasteiger partial charge on any atom is -0.308 e. The first-order valence-electron chi connectivity index (χ1n) is 7.94. The molecule has 0 fully saturated rings. The van der Waals surface area contributed by atoms with Crippen molar-refractivity contribution in [3.8, 4) is 0 Å². The number of hydrogen-bond donors (Lipinski definition) is 2. The molecule has 7 nitrogen and oxygen atoms in total. The average molecular weight is 398 g/mol. The van der Waals surface area contributed by atoms with Gasteiger partial charge in [0, 0.05) is 18.7 Å². The summed E-state index contributed by atoms with van der Waals surface area (Å²) in [5.74, 6) is 0. The third kappa shape index (κ3) is 4.21. The summed E-state index contributed by atoms with van der Waals surface area (Å²) in [4.78, 5) is 10.2. The SMILES string of the molecule is Cc1ccc(S(=O)(=O)NCC2NCCc3ccccc32)c([N+](=O)[O-])c1.Cl. The van der Waals surface area contributed by atoms with Crippen LogP contribution in [0.15, 0.2) is 47.4 Å². The zero-order valence-electron chi connectivity index (χ0n) is 14.1. The first kappa shape index (κ1) is 20.3. The van der Waals surface area contributed by atoms with E-state index in [-0.39, 0.29) is 29.9 Å². The molecular formula is C17H20ClN3O4S. The summed E-state index contributed by atoms with van der Waals surface area (Å²) in [7, 11) is -3.99. The number of rotatable bonds is 5. The van der Waals surface area contributed by atoms with E-state index in [9.17, 15) is 18.5 Å². The van der Waals surface area contributed by atoms with Gasteiger partial charge in [0.15, 0.2) is 4.90 Å². The number of nitro benzene ring substituents is 1. The number of sulfonamides is 1. The monoisotopic (exact) mass is 397 g/mol. The zero-order valence-corrected chi connectivity index (χ0v) is 15.8. The lowest BCUT2D eigenvalue weighted by molar-refractivity contribution is -0.387. The molecule has 1 aliphatic rings. The molecule has 0 aliphatic carbocycles. The molecule has 2 aromatic carbocycles. The van der Waals surface area contributed by atoms with Crippen molar-refractivity contribution in [3.05, 3.63) is 69.3 Å². The average Bonchev–Trinajstić information content (AvgIpc) is 2.59. The summed E-state index contributed by atoms with van der Waals surface area (Å²) in [6.45, 7) is 2.57. The maximum absolute atomic E-state index is 12.6. The number of benzene rings is 2. The lowest BCUT2D eigenvalue weighted by Crippen LogP contribution is -2.38. The van der Waals surface area contributed by atoms with Gasteiger partial charge in [0.25, 0.3) is 5.69 Å². The first-order chi connectivity index (χ1) is 11.9. The summed E-state index contributed by atoms with van der Waals surface area (Å²) >= 11 is 0. The summed E-state index contributed by atoms with van der Waals surface area (Å²) in [6, 6.07) is 11.8. The smallest absolute Gasteiger partial charge is 0.289 e. The van der Waals surface area contributed by atoms with Crippen molar-refractivity contribution in [2.45, 2.75) is 24.3 Å². The Morgan fingerprint density at radius 2 is 2.00 bits per heavy atom. The predicted molar refractivity (Wildman–Crippen MR) is 101 cm³/mol. The normalized spacial score (nSPS) is 16.4. The molecule has 2 N–H and O–H groups in total. The number of fused-ring (bicyclic) bond motifs is 1. The Kier molecular flexibility index (Phi) is 6.35. The van der Waals surface area contributed by atoms with Crippen LogP contribution >= 0.6 is 12.4 Å². The Morgan fingerprint density at radius 1 is 1.27 bits per heavy atom. The zero-order chi connectivity index (χ0) is 18.0. The molecule has 0 bridgehead atoms. The molecule has 0 radical (unpaired) electrons. The van der Waals surface area contributed by atoms with E-state index in [1.165, 1.54) is 17.7 Å². The molecule has 140 valence electrons. The van der Waals surface area contributed by atoms with Crippen molar-refractivity contribution in [3.63, 3.8) is 0 Å². The predicted octanol–water partition coefficient (Wildman–Crippen LogP) is 2.49. The number of nitro groups is 1. The molecule has 0 saturated carbocycles. The highest BCUT2D eigenvalue weighted by Crippen LogP contribution is 2.26. The number of nitrogens with zero attached hydrogens (tertiary/aromatic N) is 1. The van der Waals surface area contributed by atoms with Gasteiger partial charge in [0.2, 0.25) is 10.0 Å². The van der Waals surface area contributed by atoms with Gasteiger partial charge in [-0.05, 0) is 42.6 Å². The van der Waals surface area contributed by atoms with E-state index in [0.29, 0.717) is 5.56 Å². The third-order valence-corrected chi connectivity index (χ3v) is 5.76. The molecule has 1 unspecified atom stereocenters. The summed E-state index contributed by atoms with van der Waals surface area (Å²) in [5, 5.41) is 14.5. The fourth-order valence-electron chi connectivity index (χ4n) is 3.04. The van der Waals surface area contributed by atoms with Gasteiger partial charge in [0.05, 0.1) is 4.92 Å². The van der Waals surface area contributed by atoms with Gasteiger partial charge < -0.3 is 5.32 Å². The minimum atomic E-state index is -3.99. The fraction of sp³-hybridized carbons (Fsp3) is 0.294. The molecule has 1 atom stereocenters. The lowest BCUT2D eigenvalue weighted by atomic mass is 9.95. The molecule has 0 spiro atoms. The van der Waals surface area contributed by atoms with Crippen LogP contribution in [-0.4, -0.2) is 26.4 Å². The summed E-state index contributed by atoms with van der Waals surface area (Å²) < 4.78 is 27.7. The Labute approximate surface area is 158 Å². The molecule has 9 heteroatoms. The van der Waals surface area contributed by atoms with Crippen molar-refractivity contribution in [2.24, 2.45) is 0 Å². The Balaban J connectivity index is 0.00000243. The Hall–Kier alpha value is -2.00. The van der Waals surface area contributed by atoms with Crippen molar-refractivity contribution in [1.82, 2.24) is 10.0 Å². The van der Waals surface area contributed by atoms with Crippen molar-refractivity contribution < 1.29 is 13.3 Å². The highest BCUT2D eigenvalue weighted by molar-refractivity contribution is 7.89. The number of hydrogen-bond acceptors (Lipinski definition) is 5. The van der Waals surface area contributed by atoms with E-state index in [1.54, 1.807) is 13.0 Å².